The van der Waals surface area contributed by atoms with Crippen LogP contribution in [-0.4, -0.2) is 42.5 Å². The third kappa shape index (κ3) is 1.53. The molecule has 0 aromatic heterocycles. The third-order valence-corrected chi connectivity index (χ3v) is 3.55. The van der Waals surface area contributed by atoms with E-state index in [1.165, 1.54) is 0 Å². The minimum atomic E-state index is 0.220. The molecule has 4 nitrogen and oxygen atoms in total. The van der Waals surface area contributed by atoms with Crippen molar-refractivity contribution in [1.29, 1.82) is 0 Å². The fourth-order valence-electron chi connectivity index (χ4n) is 2.67. The van der Waals surface area contributed by atoms with Gasteiger partial charge >= 0.3 is 0 Å². The number of nitrogens with one attached hydrogen (secondary N) is 1. The Kier molecular flexibility index (Phi) is 2.74. The molecular weight excluding hydrogens is 178 g/mol. The first-order valence-corrected chi connectivity index (χ1v) is 5.47. The van der Waals surface area contributed by atoms with Crippen LogP contribution in [0.4, 0.5) is 0 Å². The van der Waals surface area contributed by atoms with Crippen LogP contribution in [0.25, 0.3) is 0 Å². The minimum Gasteiger partial charge on any atom is -0.354 e. The Morgan fingerprint density at radius 3 is 3.21 bits per heavy atom. The zero-order chi connectivity index (χ0) is 10.1. The summed E-state index contributed by atoms with van der Waals surface area (Å²) in [4.78, 5) is 13.9. The maximum atomic E-state index is 11.5. The van der Waals surface area contributed by atoms with Crippen molar-refractivity contribution in [3.63, 3.8) is 0 Å². The zero-order valence-corrected chi connectivity index (χ0v) is 8.70. The van der Waals surface area contributed by atoms with Crippen LogP contribution >= 0.6 is 0 Å². The van der Waals surface area contributed by atoms with Crippen molar-refractivity contribution >= 4 is 5.91 Å². The summed E-state index contributed by atoms with van der Waals surface area (Å²) in [5.41, 5.74) is 5.67. The molecule has 3 atom stereocenters. The van der Waals surface area contributed by atoms with Crippen molar-refractivity contribution in [2.75, 3.05) is 19.6 Å². The van der Waals surface area contributed by atoms with Crippen LogP contribution in [0.1, 0.15) is 19.8 Å². The highest BCUT2D eigenvalue weighted by molar-refractivity contribution is 5.82. The third-order valence-electron chi connectivity index (χ3n) is 3.55. The van der Waals surface area contributed by atoms with Gasteiger partial charge in [-0.05, 0) is 26.3 Å². The summed E-state index contributed by atoms with van der Waals surface area (Å²) in [6.45, 7) is 4.73. The lowest BCUT2D eigenvalue weighted by Crippen LogP contribution is -2.51. The van der Waals surface area contributed by atoms with Crippen LogP contribution < -0.4 is 11.1 Å². The number of piperidine rings is 1. The van der Waals surface area contributed by atoms with E-state index in [1.54, 1.807) is 0 Å². The fourth-order valence-corrected chi connectivity index (χ4v) is 2.67. The van der Waals surface area contributed by atoms with Gasteiger partial charge in [0.1, 0.15) is 0 Å². The molecule has 14 heavy (non-hydrogen) atoms. The monoisotopic (exact) mass is 197 g/mol. The van der Waals surface area contributed by atoms with Gasteiger partial charge in [-0.25, -0.2) is 0 Å². The quantitative estimate of drug-likeness (QED) is 0.630. The Morgan fingerprint density at radius 2 is 2.50 bits per heavy atom. The van der Waals surface area contributed by atoms with Gasteiger partial charge < -0.3 is 11.1 Å². The normalized spacial score (nSPS) is 35.1. The number of fused-ring (bicyclic) bond motifs is 1. The van der Waals surface area contributed by atoms with E-state index in [2.05, 4.69) is 17.1 Å². The van der Waals surface area contributed by atoms with Crippen molar-refractivity contribution in [1.82, 2.24) is 10.2 Å². The van der Waals surface area contributed by atoms with Crippen LogP contribution in [0, 0.1) is 5.92 Å². The molecule has 2 aliphatic rings. The van der Waals surface area contributed by atoms with Crippen molar-refractivity contribution in [2.45, 2.75) is 31.8 Å². The predicted octanol–water partition coefficient (Wildman–Crippen LogP) is -0.456. The first kappa shape index (κ1) is 9.93. The molecule has 0 spiro atoms. The summed E-state index contributed by atoms with van der Waals surface area (Å²) < 4.78 is 0. The first-order chi connectivity index (χ1) is 6.74. The maximum absolute atomic E-state index is 11.5. The van der Waals surface area contributed by atoms with E-state index >= 15 is 0 Å². The molecule has 0 bridgehead atoms. The van der Waals surface area contributed by atoms with Gasteiger partial charge in [0.25, 0.3) is 0 Å². The molecule has 4 heteroatoms. The average Bonchev–Trinajstić information content (AvgIpc) is 2.59. The molecule has 0 radical (unpaired) electrons. The van der Waals surface area contributed by atoms with E-state index in [4.69, 9.17) is 5.73 Å². The molecule has 80 valence electrons. The van der Waals surface area contributed by atoms with E-state index in [1.807, 2.05) is 0 Å². The predicted molar refractivity (Wildman–Crippen MR) is 54.7 cm³/mol. The molecule has 1 amide bonds. The molecule has 0 aliphatic carbocycles. The second kappa shape index (κ2) is 3.87. The summed E-state index contributed by atoms with van der Waals surface area (Å²) in [6.07, 6.45) is 2.17. The van der Waals surface area contributed by atoms with Gasteiger partial charge in [-0.2, -0.15) is 0 Å². The van der Waals surface area contributed by atoms with Crippen molar-refractivity contribution < 1.29 is 4.79 Å². The molecule has 0 saturated carbocycles. The second-order valence-corrected chi connectivity index (χ2v) is 4.38. The van der Waals surface area contributed by atoms with Crippen molar-refractivity contribution in [2.24, 2.45) is 11.7 Å². The lowest BCUT2D eigenvalue weighted by molar-refractivity contribution is -0.124. The Hall–Kier alpha value is -0.610. The number of carbonyl (C=O) groups is 1. The topological polar surface area (TPSA) is 58.4 Å². The molecule has 2 fully saturated rings. The summed E-state index contributed by atoms with van der Waals surface area (Å²) in [6, 6.07) is 0.797. The SMILES string of the molecule is CC(CN)N1CCCC2C(=O)NCC21. The Labute approximate surface area is 84.8 Å². The average molecular weight is 197 g/mol. The van der Waals surface area contributed by atoms with Crippen molar-refractivity contribution in [3.05, 3.63) is 0 Å². The maximum Gasteiger partial charge on any atom is 0.224 e. The number of nitrogens with zero attached hydrogens (tertiary/aromatic N) is 1. The lowest BCUT2D eigenvalue weighted by atomic mass is 9.90. The van der Waals surface area contributed by atoms with Gasteiger partial charge in [-0.15, -0.1) is 0 Å². The molecule has 2 saturated heterocycles. The number of amides is 1. The first-order valence-electron chi connectivity index (χ1n) is 5.47. The molecule has 0 aromatic rings. The van der Waals surface area contributed by atoms with Crippen LogP contribution in [-0.2, 0) is 4.79 Å². The summed E-state index contributed by atoms with van der Waals surface area (Å²) in [5.74, 6) is 0.460. The fraction of sp³-hybridized carbons (Fsp3) is 0.900. The van der Waals surface area contributed by atoms with Gasteiger partial charge in [-0.1, -0.05) is 0 Å². The van der Waals surface area contributed by atoms with Crippen LogP contribution in [0.2, 0.25) is 0 Å². The van der Waals surface area contributed by atoms with Crippen LogP contribution in [0.3, 0.4) is 0 Å². The molecular formula is C10H19N3O. The summed E-state index contributed by atoms with van der Waals surface area (Å²) in [5, 5.41) is 2.95. The molecule has 2 rings (SSSR count). The number of nitrogens with two attached hydrogens (primary N) is 1. The van der Waals surface area contributed by atoms with Gasteiger partial charge in [0, 0.05) is 25.2 Å². The summed E-state index contributed by atoms with van der Waals surface area (Å²) >= 11 is 0. The lowest BCUT2D eigenvalue weighted by Gasteiger charge is -2.39. The molecule has 0 aromatic carbocycles. The smallest absolute Gasteiger partial charge is 0.224 e. The van der Waals surface area contributed by atoms with Gasteiger partial charge in [-0.3, -0.25) is 9.69 Å². The second-order valence-electron chi connectivity index (χ2n) is 4.38. The number of hydrogen-bond acceptors (Lipinski definition) is 3. The number of hydrogen-bond donors (Lipinski definition) is 2. The van der Waals surface area contributed by atoms with Gasteiger partial charge in [0.05, 0.1) is 5.92 Å². The molecule has 2 aliphatic heterocycles. The minimum absolute atomic E-state index is 0.220. The highest BCUT2D eigenvalue weighted by Gasteiger charge is 2.41. The molecule has 2 heterocycles. The highest BCUT2D eigenvalue weighted by Crippen LogP contribution is 2.28. The Balaban J connectivity index is 2.08. The number of carbonyl (C=O) groups excluding carboxylic acids is 1. The van der Waals surface area contributed by atoms with E-state index < -0.39 is 0 Å². The van der Waals surface area contributed by atoms with E-state index in [0.29, 0.717) is 18.6 Å². The van der Waals surface area contributed by atoms with Gasteiger partial charge in [0.15, 0.2) is 0 Å². The number of likely N-dealkylation sites (tertiary alicyclic amines) is 1. The largest absolute Gasteiger partial charge is 0.354 e. The Bertz CT molecular complexity index is 231. The van der Waals surface area contributed by atoms with Crippen molar-refractivity contribution in [3.8, 4) is 0 Å². The van der Waals surface area contributed by atoms with E-state index in [0.717, 1.165) is 25.9 Å². The highest BCUT2D eigenvalue weighted by atomic mass is 16.2. The molecule has 3 unspecified atom stereocenters. The summed E-state index contributed by atoms with van der Waals surface area (Å²) in [7, 11) is 0. The standard InChI is InChI=1S/C10H19N3O/c1-7(5-11)13-4-2-3-8-9(13)6-12-10(8)14/h7-9H,2-6,11H2,1H3,(H,12,14). The van der Waals surface area contributed by atoms with Crippen LogP contribution in [0.15, 0.2) is 0 Å². The number of rotatable bonds is 2. The van der Waals surface area contributed by atoms with E-state index in [-0.39, 0.29) is 11.8 Å². The van der Waals surface area contributed by atoms with E-state index in [9.17, 15) is 4.79 Å². The van der Waals surface area contributed by atoms with Crippen LogP contribution in [0.5, 0.6) is 0 Å². The zero-order valence-electron chi connectivity index (χ0n) is 8.70. The molecule has 3 N–H and O–H groups in total. The Morgan fingerprint density at radius 1 is 1.71 bits per heavy atom. The van der Waals surface area contributed by atoms with Gasteiger partial charge in [0.2, 0.25) is 5.91 Å².